The van der Waals surface area contributed by atoms with Crippen LogP contribution in [0.15, 0.2) is 5.18 Å². The van der Waals surface area contributed by atoms with E-state index in [0.717, 1.165) is 10.8 Å². The van der Waals surface area contributed by atoms with E-state index in [1.807, 2.05) is 0 Å². The highest BCUT2D eigenvalue weighted by Gasteiger charge is 2.14. The topological polar surface area (TPSA) is 29.4 Å². The lowest BCUT2D eigenvalue weighted by Crippen LogP contribution is -1.91. The van der Waals surface area contributed by atoms with Crippen LogP contribution < -0.4 is 0 Å². The first-order valence-electron chi connectivity index (χ1n) is 1.95. The lowest BCUT2D eigenvalue weighted by Gasteiger charge is -1.87. The second-order valence-corrected chi connectivity index (χ2v) is 3.78. The first-order valence-corrected chi connectivity index (χ1v) is 4.15. The maximum absolute atomic E-state index is 9.72. The van der Waals surface area contributed by atoms with Gasteiger partial charge in [0.1, 0.15) is 5.37 Å². The van der Waals surface area contributed by atoms with Crippen LogP contribution in [0.5, 0.6) is 0 Å². The predicted octanol–water partition coefficient (Wildman–Crippen LogP) is 1.52. The third kappa shape index (κ3) is 1.35. The molecule has 4 heteroatoms. The Morgan fingerprint density at radius 1 is 1.71 bits per heavy atom. The molecule has 1 aliphatic rings. The first-order chi connectivity index (χ1) is 3.43. The second kappa shape index (κ2) is 2.57. The molecule has 1 atom stereocenters. The van der Waals surface area contributed by atoms with E-state index >= 15 is 0 Å². The number of thioether (sulfide) groups is 2. The van der Waals surface area contributed by atoms with Gasteiger partial charge < -0.3 is 0 Å². The van der Waals surface area contributed by atoms with Crippen LogP contribution in [0, 0.1) is 4.91 Å². The molecule has 1 rings (SSSR count). The molecule has 0 saturated carbocycles. The van der Waals surface area contributed by atoms with Crippen LogP contribution in [0.2, 0.25) is 0 Å². The molecule has 0 aromatic heterocycles. The summed E-state index contributed by atoms with van der Waals surface area (Å²) in [4.78, 5) is 9.72. The standard InChI is InChI=1S/C3H5NOS2/c5-4-3-1-6-2-7-3/h3H,1-2H2. The van der Waals surface area contributed by atoms with Crippen LogP contribution in [0.4, 0.5) is 0 Å². The van der Waals surface area contributed by atoms with E-state index in [2.05, 4.69) is 5.18 Å². The summed E-state index contributed by atoms with van der Waals surface area (Å²) < 4.78 is 0. The van der Waals surface area contributed by atoms with Gasteiger partial charge in [-0.3, -0.25) is 0 Å². The fourth-order valence-electron chi connectivity index (χ4n) is 0.385. The lowest BCUT2D eigenvalue weighted by molar-refractivity contribution is 1.06. The van der Waals surface area contributed by atoms with Gasteiger partial charge in [0.2, 0.25) is 0 Å². The molecule has 1 aliphatic heterocycles. The van der Waals surface area contributed by atoms with E-state index < -0.39 is 0 Å². The summed E-state index contributed by atoms with van der Waals surface area (Å²) in [6, 6.07) is 0. The van der Waals surface area contributed by atoms with Crippen LogP contribution in [-0.4, -0.2) is 16.2 Å². The van der Waals surface area contributed by atoms with E-state index in [-0.39, 0.29) is 5.37 Å². The molecule has 0 spiro atoms. The fourth-order valence-corrected chi connectivity index (χ4v) is 2.78. The normalized spacial score (nSPS) is 30.6. The van der Waals surface area contributed by atoms with Gasteiger partial charge in [0, 0.05) is 10.8 Å². The third-order valence-electron chi connectivity index (χ3n) is 0.722. The Bertz CT molecular complexity index is 71.3. The van der Waals surface area contributed by atoms with Gasteiger partial charge in [0.25, 0.3) is 0 Å². The van der Waals surface area contributed by atoms with Gasteiger partial charge in [-0.05, 0) is 0 Å². The Kier molecular flexibility index (Phi) is 2.00. The third-order valence-corrected chi connectivity index (χ3v) is 3.33. The summed E-state index contributed by atoms with van der Waals surface area (Å²) >= 11 is 3.40. The second-order valence-electron chi connectivity index (χ2n) is 1.22. The molecule has 1 saturated heterocycles. The van der Waals surface area contributed by atoms with Crippen molar-refractivity contribution in [3.05, 3.63) is 4.91 Å². The highest BCUT2D eigenvalue weighted by Crippen LogP contribution is 2.29. The molecule has 1 unspecified atom stereocenters. The molecule has 2 nitrogen and oxygen atoms in total. The van der Waals surface area contributed by atoms with Gasteiger partial charge in [0.05, 0.1) is 0 Å². The maximum Gasteiger partial charge on any atom is 0.147 e. The van der Waals surface area contributed by atoms with E-state index in [4.69, 9.17) is 0 Å². The monoisotopic (exact) mass is 135 g/mol. The fraction of sp³-hybridized carbons (Fsp3) is 1.00. The van der Waals surface area contributed by atoms with Gasteiger partial charge in [-0.2, -0.15) is 0 Å². The van der Waals surface area contributed by atoms with Crippen molar-refractivity contribution in [2.45, 2.75) is 5.37 Å². The minimum atomic E-state index is 0.0463. The zero-order valence-corrected chi connectivity index (χ0v) is 5.30. The van der Waals surface area contributed by atoms with Crippen molar-refractivity contribution in [3.8, 4) is 0 Å². The van der Waals surface area contributed by atoms with Crippen LogP contribution in [-0.2, 0) is 0 Å². The number of rotatable bonds is 1. The van der Waals surface area contributed by atoms with Crippen molar-refractivity contribution >= 4 is 23.5 Å². The Hall–Kier alpha value is 0.300. The highest BCUT2D eigenvalue weighted by molar-refractivity contribution is 8.19. The zero-order valence-electron chi connectivity index (χ0n) is 3.66. The molecule has 40 valence electrons. The molecule has 0 amide bonds. The van der Waals surface area contributed by atoms with Gasteiger partial charge in [-0.25, -0.2) is 0 Å². The van der Waals surface area contributed by atoms with Crippen LogP contribution in [0.3, 0.4) is 0 Å². The minimum Gasteiger partial charge on any atom is -0.150 e. The largest absolute Gasteiger partial charge is 0.150 e. The molecular weight excluding hydrogens is 130 g/mol. The highest BCUT2D eigenvalue weighted by atomic mass is 32.2. The predicted molar refractivity (Wildman–Crippen MR) is 34.5 cm³/mol. The Morgan fingerprint density at radius 3 is 2.86 bits per heavy atom. The molecule has 0 radical (unpaired) electrons. The SMILES string of the molecule is O=NC1CSCS1. The van der Waals surface area contributed by atoms with Crippen molar-refractivity contribution in [2.24, 2.45) is 5.18 Å². The molecule has 0 N–H and O–H groups in total. The van der Waals surface area contributed by atoms with Gasteiger partial charge in [0.15, 0.2) is 0 Å². The molecule has 0 aromatic carbocycles. The average Bonchev–Trinajstić information content (AvgIpc) is 2.14. The number of hydrogen-bond acceptors (Lipinski definition) is 4. The van der Waals surface area contributed by atoms with E-state index in [1.54, 1.807) is 23.5 Å². The molecule has 0 bridgehead atoms. The summed E-state index contributed by atoms with van der Waals surface area (Å²) in [7, 11) is 0. The molecule has 1 heterocycles. The average molecular weight is 135 g/mol. The number of nitrogens with zero attached hydrogens (tertiary/aromatic N) is 1. The van der Waals surface area contributed by atoms with Gasteiger partial charge >= 0.3 is 0 Å². The smallest absolute Gasteiger partial charge is 0.147 e. The maximum atomic E-state index is 9.72. The molecule has 0 aromatic rings. The van der Waals surface area contributed by atoms with Crippen molar-refractivity contribution in [3.63, 3.8) is 0 Å². The van der Waals surface area contributed by atoms with Crippen LogP contribution in [0.1, 0.15) is 0 Å². The summed E-state index contributed by atoms with van der Waals surface area (Å²) in [5, 5.41) is 3.96. The Morgan fingerprint density at radius 2 is 2.57 bits per heavy atom. The summed E-state index contributed by atoms with van der Waals surface area (Å²) in [5.74, 6) is 0.911. The number of hydrogen-bond donors (Lipinski definition) is 0. The van der Waals surface area contributed by atoms with E-state index in [1.165, 1.54) is 0 Å². The van der Waals surface area contributed by atoms with Crippen LogP contribution in [0.25, 0.3) is 0 Å². The quantitative estimate of drug-likeness (QED) is 0.510. The lowest BCUT2D eigenvalue weighted by atomic mass is 10.8. The van der Waals surface area contributed by atoms with E-state index in [9.17, 15) is 4.91 Å². The molecule has 7 heavy (non-hydrogen) atoms. The molecule has 0 aliphatic carbocycles. The zero-order chi connectivity index (χ0) is 5.11. The van der Waals surface area contributed by atoms with Gasteiger partial charge in [-0.1, -0.05) is 5.18 Å². The van der Waals surface area contributed by atoms with Crippen molar-refractivity contribution in [2.75, 3.05) is 10.8 Å². The summed E-state index contributed by atoms with van der Waals surface area (Å²) in [6.07, 6.45) is 0. The minimum absolute atomic E-state index is 0.0463. The summed E-state index contributed by atoms with van der Waals surface area (Å²) in [5.41, 5.74) is 0. The van der Waals surface area contributed by atoms with Crippen molar-refractivity contribution < 1.29 is 0 Å². The van der Waals surface area contributed by atoms with E-state index in [0.29, 0.717) is 0 Å². The molecule has 1 fully saturated rings. The number of nitroso groups, excluding NO2 is 1. The van der Waals surface area contributed by atoms with Crippen molar-refractivity contribution in [1.29, 1.82) is 0 Å². The van der Waals surface area contributed by atoms with Crippen LogP contribution >= 0.6 is 23.5 Å². The Balaban J connectivity index is 2.26. The first kappa shape index (κ1) is 5.44. The van der Waals surface area contributed by atoms with Crippen molar-refractivity contribution in [1.82, 2.24) is 0 Å². The summed E-state index contributed by atoms with van der Waals surface area (Å²) in [6.45, 7) is 0. The molecular formula is C3H5NOS2. The van der Waals surface area contributed by atoms with Gasteiger partial charge in [-0.15, -0.1) is 28.4 Å². The Labute approximate surface area is 50.4 Å².